The summed E-state index contributed by atoms with van der Waals surface area (Å²) in [5.74, 6) is -0.806. The summed E-state index contributed by atoms with van der Waals surface area (Å²) in [6.45, 7) is 12.5. The molecule has 2 atom stereocenters. The maximum Gasteiger partial charge on any atom is 0.306 e. The third-order valence-corrected chi connectivity index (χ3v) is 10.9. The van der Waals surface area contributed by atoms with E-state index in [4.69, 9.17) is 13.9 Å². The Kier molecular flexibility index (Phi) is 6.74. The minimum Gasteiger partial charge on any atom is -0.481 e. The summed E-state index contributed by atoms with van der Waals surface area (Å²) in [7, 11) is -1.87. The van der Waals surface area contributed by atoms with Crippen LogP contribution in [0.1, 0.15) is 65.7 Å². The average Bonchev–Trinajstić information content (AvgIpc) is 2.45. The van der Waals surface area contributed by atoms with Crippen LogP contribution in [-0.4, -0.2) is 45.0 Å². The van der Waals surface area contributed by atoms with Gasteiger partial charge in [-0.1, -0.05) is 27.2 Å². The molecule has 0 aromatic heterocycles. The molecule has 5 nitrogen and oxygen atoms in total. The summed E-state index contributed by atoms with van der Waals surface area (Å²) in [5, 5.41) is 9.55. The van der Waals surface area contributed by atoms with Crippen LogP contribution >= 0.6 is 0 Å². The summed E-state index contributed by atoms with van der Waals surface area (Å²) in [6.07, 6.45) is 5.51. The zero-order chi connectivity index (χ0) is 18.7. The second-order valence-electron chi connectivity index (χ2n) is 9.28. The molecule has 1 saturated carbocycles. The fourth-order valence-electron chi connectivity index (χ4n) is 3.30. The number of aliphatic carboxylic acids is 1. The van der Waals surface area contributed by atoms with Crippen molar-refractivity contribution in [1.82, 2.24) is 0 Å². The number of carboxylic acid groups (broad SMARTS) is 1. The molecule has 6 heteroatoms. The number of carboxylic acids is 1. The Morgan fingerprint density at radius 1 is 1.28 bits per heavy atom. The topological polar surface area (TPSA) is 65.0 Å². The molecule has 25 heavy (non-hydrogen) atoms. The Balaban J connectivity index is 2.07. The van der Waals surface area contributed by atoms with Gasteiger partial charge in [0.2, 0.25) is 0 Å². The molecular formula is C19H36O5Si. The van der Waals surface area contributed by atoms with Gasteiger partial charge in [0.15, 0.2) is 14.6 Å². The van der Waals surface area contributed by atoms with E-state index in [0.29, 0.717) is 13.2 Å². The maximum absolute atomic E-state index is 11.4. The van der Waals surface area contributed by atoms with Crippen molar-refractivity contribution >= 4 is 14.3 Å². The first-order chi connectivity index (χ1) is 11.6. The first-order valence-electron chi connectivity index (χ1n) is 9.69. The van der Waals surface area contributed by atoms with Gasteiger partial charge in [0.25, 0.3) is 0 Å². The van der Waals surface area contributed by atoms with E-state index >= 15 is 0 Å². The maximum atomic E-state index is 11.4. The normalized spacial score (nSPS) is 25.2. The van der Waals surface area contributed by atoms with Gasteiger partial charge in [-0.05, 0) is 50.2 Å². The molecule has 1 saturated heterocycles. The predicted molar refractivity (Wildman–Crippen MR) is 100 cm³/mol. The molecule has 0 bridgehead atoms. The number of ether oxygens (including phenoxy) is 2. The highest BCUT2D eigenvalue weighted by atomic mass is 28.4. The Hall–Kier alpha value is -0.433. The van der Waals surface area contributed by atoms with Crippen LogP contribution in [0.15, 0.2) is 0 Å². The summed E-state index contributed by atoms with van der Waals surface area (Å²) in [5.41, 5.74) is -0.172. The van der Waals surface area contributed by atoms with Crippen molar-refractivity contribution in [2.24, 2.45) is 5.41 Å². The van der Waals surface area contributed by atoms with Crippen molar-refractivity contribution in [3.05, 3.63) is 0 Å². The quantitative estimate of drug-likeness (QED) is 0.633. The van der Waals surface area contributed by atoms with Gasteiger partial charge in [-0.2, -0.15) is 0 Å². The Bertz CT molecular complexity index is 447. The lowest BCUT2D eigenvalue weighted by atomic mass is 9.65. The SMILES string of the molecule is CC(C)(C)[Si](C)(C)OCC1(C(CC(=O)O)O[C@H]2CCCCO2)CCC1. The fraction of sp³-hybridized carbons (Fsp3) is 0.947. The highest BCUT2D eigenvalue weighted by Gasteiger charge is 2.49. The minimum absolute atomic E-state index is 0.0285. The van der Waals surface area contributed by atoms with E-state index in [-0.39, 0.29) is 29.3 Å². The van der Waals surface area contributed by atoms with Gasteiger partial charge in [-0.3, -0.25) is 4.79 Å². The van der Waals surface area contributed by atoms with Gasteiger partial charge in [0.1, 0.15) is 0 Å². The van der Waals surface area contributed by atoms with E-state index in [1.807, 2.05) is 0 Å². The van der Waals surface area contributed by atoms with Gasteiger partial charge in [-0.25, -0.2) is 0 Å². The molecule has 0 aromatic rings. The van der Waals surface area contributed by atoms with Gasteiger partial charge in [0, 0.05) is 18.6 Å². The van der Waals surface area contributed by atoms with Crippen molar-refractivity contribution in [3.8, 4) is 0 Å². The molecule has 0 amide bonds. The summed E-state index contributed by atoms with van der Waals surface area (Å²) >= 11 is 0. The Morgan fingerprint density at radius 2 is 1.96 bits per heavy atom. The molecule has 2 fully saturated rings. The zero-order valence-corrected chi connectivity index (χ0v) is 17.6. The molecular weight excluding hydrogens is 336 g/mol. The third-order valence-electron chi connectivity index (χ3n) is 6.37. The zero-order valence-electron chi connectivity index (χ0n) is 16.6. The van der Waals surface area contributed by atoms with Gasteiger partial charge < -0.3 is 19.0 Å². The van der Waals surface area contributed by atoms with E-state index in [1.165, 1.54) is 0 Å². The van der Waals surface area contributed by atoms with E-state index in [2.05, 4.69) is 33.9 Å². The van der Waals surface area contributed by atoms with Crippen LogP contribution in [0.2, 0.25) is 18.1 Å². The smallest absolute Gasteiger partial charge is 0.306 e. The van der Waals surface area contributed by atoms with Crippen LogP contribution in [0, 0.1) is 5.41 Å². The lowest BCUT2D eigenvalue weighted by Crippen LogP contribution is -2.52. The number of carbonyl (C=O) groups is 1. The molecule has 2 aliphatic rings. The van der Waals surface area contributed by atoms with Crippen LogP contribution in [0.3, 0.4) is 0 Å². The molecule has 146 valence electrons. The van der Waals surface area contributed by atoms with Crippen LogP contribution in [0.4, 0.5) is 0 Å². The van der Waals surface area contributed by atoms with Crippen LogP contribution in [-0.2, 0) is 18.7 Å². The highest BCUT2D eigenvalue weighted by molar-refractivity contribution is 6.74. The van der Waals surface area contributed by atoms with Gasteiger partial charge in [-0.15, -0.1) is 0 Å². The Labute approximate surface area is 153 Å². The van der Waals surface area contributed by atoms with E-state index in [9.17, 15) is 9.90 Å². The molecule has 0 radical (unpaired) electrons. The lowest BCUT2D eigenvalue weighted by molar-refractivity contribution is -0.230. The number of hydrogen-bond donors (Lipinski definition) is 1. The van der Waals surface area contributed by atoms with Crippen molar-refractivity contribution in [2.45, 2.75) is 96.2 Å². The van der Waals surface area contributed by atoms with E-state index < -0.39 is 14.3 Å². The molecule has 1 aliphatic heterocycles. The molecule has 1 aliphatic carbocycles. The summed E-state index contributed by atoms with van der Waals surface area (Å²) < 4.78 is 18.4. The van der Waals surface area contributed by atoms with Crippen molar-refractivity contribution in [3.63, 3.8) is 0 Å². The standard InChI is InChI=1S/C19H36O5Si/c1-18(2,3)25(4,5)23-14-19(10-8-11-19)15(13-16(20)21)24-17-9-6-7-12-22-17/h15,17H,6-14H2,1-5H3,(H,20,21)/t15?,17-/m0/s1. The second kappa shape index (κ2) is 8.07. The molecule has 2 rings (SSSR count). The Morgan fingerprint density at radius 3 is 2.40 bits per heavy atom. The highest BCUT2D eigenvalue weighted by Crippen LogP contribution is 2.49. The number of rotatable bonds is 8. The molecule has 1 unspecified atom stereocenters. The summed E-state index contributed by atoms with van der Waals surface area (Å²) in [4.78, 5) is 11.4. The number of hydrogen-bond acceptors (Lipinski definition) is 4. The van der Waals surface area contributed by atoms with Crippen molar-refractivity contribution in [1.29, 1.82) is 0 Å². The van der Waals surface area contributed by atoms with E-state index in [1.54, 1.807) is 0 Å². The van der Waals surface area contributed by atoms with Crippen molar-refractivity contribution < 1.29 is 23.8 Å². The monoisotopic (exact) mass is 372 g/mol. The molecule has 0 spiro atoms. The molecule has 1 heterocycles. The predicted octanol–water partition coefficient (Wildman–Crippen LogP) is 4.57. The van der Waals surface area contributed by atoms with Crippen molar-refractivity contribution in [2.75, 3.05) is 13.2 Å². The van der Waals surface area contributed by atoms with Gasteiger partial charge >= 0.3 is 5.97 Å². The minimum atomic E-state index is -1.87. The fourth-order valence-corrected chi connectivity index (χ4v) is 4.38. The first-order valence-corrected chi connectivity index (χ1v) is 12.6. The molecule has 1 N–H and O–H groups in total. The third kappa shape index (κ3) is 5.28. The average molecular weight is 373 g/mol. The first kappa shape index (κ1) is 20.9. The second-order valence-corrected chi connectivity index (χ2v) is 14.1. The largest absolute Gasteiger partial charge is 0.481 e. The lowest BCUT2D eigenvalue weighted by Gasteiger charge is -2.50. The summed E-state index contributed by atoms with van der Waals surface area (Å²) in [6, 6.07) is 0. The van der Waals surface area contributed by atoms with E-state index in [0.717, 1.165) is 38.5 Å². The van der Waals surface area contributed by atoms with Crippen LogP contribution in [0.25, 0.3) is 0 Å². The molecule has 0 aromatic carbocycles. The van der Waals surface area contributed by atoms with Crippen LogP contribution < -0.4 is 0 Å². The van der Waals surface area contributed by atoms with Crippen LogP contribution in [0.5, 0.6) is 0 Å². The van der Waals surface area contributed by atoms with Gasteiger partial charge in [0.05, 0.1) is 12.5 Å².